The fourth-order valence-electron chi connectivity index (χ4n) is 2.03. The minimum absolute atomic E-state index is 0.302. The van der Waals surface area contributed by atoms with Gasteiger partial charge in [0.1, 0.15) is 4.88 Å². The van der Waals surface area contributed by atoms with Gasteiger partial charge >= 0.3 is 5.97 Å². The number of benzene rings is 1. The number of aromatic carboxylic acids is 1. The van der Waals surface area contributed by atoms with Crippen LogP contribution in [0.25, 0.3) is 10.1 Å². The first-order valence-corrected chi connectivity index (χ1v) is 7.80. The number of rotatable bonds is 8. The summed E-state index contributed by atoms with van der Waals surface area (Å²) in [6.45, 7) is 6.20. The van der Waals surface area contributed by atoms with Crippen LogP contribution in [-0.4, -0.2) is 30.9 Å². The second kappa shape index (κ2) is 7.54. The second-order valence-corrected chi connectivity index (χ2v) is 6.28. The van der Waals surface area contributed by atoms with Crippen molar-refractivity contribution in [2.45, 2.75) is 20.5 Å². The first-order chi connectivity index (χ1) is 10.1. The Labute approximate surface area is 128 Å². The summed E-state index contributed by atoms with van der Waals surface area (Å²) in [6, 6.07) is 7.69. The van der Waals surface area contributed by atoms with Gasteiger partial charge in [-0.3, -0.25) is 0 Å². The number of carbonyl (C=O) groups is 1. The summed E-state index contributed by atoms with van der Waals surface area (Å²) in [5.41, 5.74) is 0.756. The van der Waals surface area contributed by atoms with Gasteiger partial charge in [-0.05, 0) is 17.4 Å². The predicted octanol–water partition coefficient (Wildman–Crippen LogP) is 3.79. The lowest BCUT2D eigenvalue weighted by Crippen LogP contribution is -2.09. The molecule has 5 heteroatoms. The van der Waals surface area contributed by atoms with Crippen molar-refractivity contribution in [3.05, 3.63) is 34.7 Å². The molecule has 0 saturated carbocycles. The smallest absolute Gasteiger partial charge is 0.346 e. The average molecular weight is 308 g/mol. The van der Waals surface area contributed by atoms with Crippen LogP contribution in [0.3, 0.4) is 0 Å². The van der Waals surface area contributed by atoms with Gasteiger partial charge in [0, 0.05) is 16.9 Å². The molecule has 0 bridgehead atoms. The third kappa shape index (κ3) is 4.27. The van der Waals surface area contributed by atoms with E-state index in [1.165, 1.54) is 11.3 Å². The predicted molar refractivity (Wildman–Crippen MR) is 84.1 cm³/mol. The van der Waals surface area contributed by atoms with Gasteiger partial charge < -0.3 is 14.6 Å². The normalized spacial score (nSPS) is 11.4. The lowest BCUT2D eigenvalue weighted by atomic mass is 10.1. The Morgan fingerprint density at radius 3 is 2.67 bits per heavy atom. The van der Waals surface area contributed by atoms with E-state index in [0.29, 0.717) is 37.2 Å². The summed E-state index contributed by atoms with van der Waals surface area (Å²) < 4.78 is 12.0. The van der Waals surface area contributed by atoms with E-state index < -0.39 is 5.97 Å². The maximum atomic E-state index is 11.3. The van der Waals surface area contributed by atoms with Crippen LogP contribution in [0.2, 0.25) is 0 Å². The van der Waals surface area contributed by atoms with Gasteiger partial charge in [-0.2, -0.15) is 0 Å². The zero-order valence-electron chi connectivity index (χ0n) is 12.3. The number of thiophene rings is 1. The number of ether oxygens (including phenoxy) is 2. The van der Waals surface area contributed by atoms with Crippen LogP contribution in [0.15, 0.2) is 24.3 Å². The van der Waals surface area contributed by atoms with E-state index in [2.05, 4.69) is 13.8 Å². The molecule has 0 atom stereocenters. The molecule has 1 heterocycles. The molecule has 2 rings (SSSR count). The highest BCUT2D eigenvalue weighted by molar-refractivity contribution is 7.21. The maximum absolute atomic E-state index is 11.3. The molecule has 0 aliphatic heterocycles. The topological polar surface area (TPSA) is 55.8 Å². The van der Waals surface area contributed by atoms with Crippen molar-refractivity contribution in [1.29, 1.82) is 0 Å². The molecule has 0 aliphatic carbocycles. The van der Waals surface area contributed by atoms with Gasteiger partial charge in [0.05, 0.1) is 19.8 Å². The van der Waals surface area contributed by atoms with Gasteiger partial charge in [0.25, 0.3) is 0 Å². The monoisotopic (exact) mass is 308 g/mol. The molecule has 0 fully saturated rings. The quantitative estimate of drug-likeness (QED) is 0.754. The Balaban J connectivity index is 1.97. The highest BCUT2D eigenvalue weighted by Crippen LogP contribution is 2.31. The molecule has 0 unspecified atom stereocenters. The van der Waals surface area contributed by atoms with Crippen LogP contribution in [0.5, 0.6) is 0 Å². The molecule has 0 amide bonds. The fraction of sp³-hybridized carbons (Fsp3) is 0.438. The number of carboxylic acid groups (broad SMARTS) is 1. The van der Waals surface area contributed by atoms with Gasteiger partial charge in [0.15, 0.2) is 0 Å². The van der Waals surface area contributed by atoms with Gasteiger partial charge in [-0.25, -0.2) is 4.79 Å². The number of hydrogen-bond donors (Lipinski definition) is 1. The third-order valence-electron chi connectivity index (χ3n) is 2.96. The molecule has 0 aliphatic rings. The molecule has 1 N–H and O–H groups in total. The van der Waals surface area contributed by atoms with Crippen LogP contribution in [0.4, 0.5) is 0 Å². The number of fused-ring (bicyclic) bond motifs is 1. The Hall–Kier alpha value is -1.43. The van der Waals surface area contributed by atoms with Crippen LogP contribution >= 0.6 is 11.3 Å². The standard InChI is InChI=1S/C16H20O4S/c1-11(2)9-19-7-8-20-10-13-12-5-3-4-6-14(12)21-15(13)16(17)18/h3-6,11H,7-10H2,1-2H3,(H,17,18). The molecular formula is C16H20O4S. The number of carboxylic acids is 1. The lowest BCUT2D eigenvalue weighted by Gasteiger charge is -2.08. The highest BCUT2D eigenvalue weighted by Gasteiger charge is 2.17. The van der Waals surface area contributed by atoms with E-state index >= 15 is 0 Å². The Morgan fingerprint density at radius 1 is 1.24 bits per heavy atom. The van der Waals surface area contributed by atoms with E-state index in [9.17, 15) is 9.90 Å². The van der Waals surface area contributed by atoms with Crippen LogP contribution in [0.1, 0.15) is 29.1 Å². The van der Waals surface area contributed by atoms with E-state index in [1.807, 2.05) is 24.3 Å². The van der Waals surface area contributed by atoms with Gasteiger partial charge in [-0.1, -0.05) is 32.0 Å². The van der Waals surface area contributed by atoms with Crippen LogP contribution < -0.4 is 0 Å². The van der Waals surface area contributed by atoms with E-state index in [-0.39, 0.29) is 0 Å². The maximum Gasteiger partial charge on any atom is 0.346 e. The van der Waals surface area contributed by atoms with E-state index in [1.54, 1.807) is 0 Å². The summed E-state index contributed by atoms with van der Waals surface area (Å²) in [4.78, 5) is 11.7. The summed E-state index contributed by atoms with van der Waals surface area (Å²) in [5.74, 6) is -0.393. The third-order valence-corrected chi connectivity index (χ3v) is 4.16. The minimum atomic E-state index is -0.897. The van der Waals surface area contributed by atoms with Crippen molar-refractivity contribution < 1.29 is 19.4 Å². The molecule has 4 nitrogen and oxygen atoms in total. The minimum Gasteiger partial charge on any atom is -0.477 e. The SMILES string of the molecule is CC(C)COCCOCc1c(C(=O)O)sc2ccccc12. The molecular weight excluding hydrogens is 288 g/mol. The van der Waals surface area contributed by atoms with E-state index in [0.717, 1.165) is 15.6 Å². The summed E-state index contributed by atoms with van der Waals surface area (Å²) in [7, 11) is 0. The van der Waals surface area contributed by atoms with Gasteiger partial charge in [-0.15, -0.1) is 11.3 Å². The zero-order chi connectivity index (χ0) is 15.2. The lowest BCUT2D eigenvalue weighted by molar-refractivity contribution is 0.0314. The van der Waals surface area contributed by atoms with Crippen LogP contribution in [0, 0.1) is 5.92 Å². The van der Waals surface area contributed by atoms with Crippen molar-refractivity contribution in [2.75, 3.05) is 19.8 Å². The van der Waals surface area contributed by atoms with Crippen LogP contribution in [-0.2, 0) is 16.1 Å². The molecule has 0 saturated heterocycles. The Kier molecular flexibility index (Phi) is 5.73. The first kappa shape index (κ1) is 15.9. The van der Waals surface area contributed by atoms with Crippen molar-refractivity contribution in [3.63, 3.8) is 0 Å². The molecule has 21 heavy (non-hydrogen) atoms. The average Bonchev–Trinajstić information content (AvgIpc) is 2.81. The Morgan fingerprint density at radius 2 is 1.95 bits per heavy atom. The second-order valence-electron chi connectivity index (χ2n) is 5.23. The van der Waals surface area contributed by atoms with Crippen molar-refractivity contribution in [3.8, 4) is 0 Å². The van der Waals surface area contributed by atoms with E-state index in [4.69, 9.17) is 9.47 Å². The zero-order valence-corrected chi connectivity index (χ0v) is 13.1. The van der Waals surface area contributed by atoms with Crippen molar-refractivity contribution >= 4 is 27.4 Å². The molecule has 114 valence electrons. The van der Waals surface area contributed by atoms with Gasteiger partial charge in [0.2, 0.25) is 0 Å². The van der Waals surface area contributed by atoms with Crippen molar-refractivity contribution in [1.82, 2.24) is 0 Å². The number of hydrogen-bond acceptors (Lipinski definition) is 4. The molecule has 0 radical (unpaired) electrons. The highest BCUT2D eigenvalue weighted by atomic mass is 32.1. The fourth-order valence-corrected chi connectivity index (χ4v) is 3.07. The summed E-state index contributed by atoms with van der Waals surface area (Å²) in [5, 5.41) is 10.3. The molecule has 1 aromatic carbocycles. The Bertz CT molecular complexity index is 603. The largest absolute Gasteiger partial charge is 0.477 e. The van der Waals surface area contributed by atoms with Crippen molar-refractivity contribution in [2.24, 2.45) is 5.92 Å². The summed E-state index contributed by atoms with van der Waals surface area (Å²) in [6.07, 6.45) is 0. The molecule has 1 aromatic heterocycles. The summed E-state index contributed by atoms with van der Waals surface area (Å²) >= 11 is 1.29. The molecule has 2 aromatic rings. The molecule has 0 spiro atoms. The first-order valence-electron chi connectivity index (χ1n) is 6.98.